The van der Waals surface area contributed by atoms with E-state index in [4.69, 9.17) is 10.9 Å². The molecule has 1 heterocycles. The minimum Gasteiger partial charge on any atom is -0.409 e. The molecule has 0 aliphatic rings. The summed E-state index contributed by atoms with van der Waals surface area (Å²) in [7, 11) is 0. The highest BCUT2D eigenvalue weighted by Gasteiger charge is 2.09. The summed E-state index contributed by atoms with van der Waals surface area (Å²) in [5, 5.41) is 18.2. The molecule has 0 aliphatic carbocycles. The third-order valence-corrected chi connectivity index (χ3v) is 3.77. The average Bonchev–Trinajstić information content (AvgIpc) is 2.90. The number of amides is 1. The van der Waals surface area contributed by atoms with Gasteiger partial charge in [0.1, 0.15) is 0 Å². The van der Waals surface area contributed by atoms with Crippen molar-refractivity contribution in [1.82, 2.24) is 5.32 Å². The lowest BCUT2D eigenvalue weighted by Gasteiger charge is -2.06. The molecule has 6 heteroatoms. The fourth-order valence-corrected chi connectivity index (χ4v) is 2.55. The lowest BCUT2D eigenvalue weighted by atomic mass is 10.1. The van der Waals surface area contributed by atoms with Crippen molar-refractivity contribution in [1.29, 1.82) is 0 Å². The number of carbonyl (C=O) groups is 1. The predicted molar refractivity (Wildman–Crippen MR) is 79.2 cm³/mol. The summed E-state index contributed by atoms with van der Waals surface area (Å²) in [4.78, 5) is 11.9. The molecular formula is C14H15N3O2S. The van der Waals surface area contributed by atoms with Gasteiger partial charge in [-0.2, -0.15) is 11.3 Å². The zero-order valence-electron chi connectivity index (χ0n) is 11.0. The summed E-state index contributed by atoms with van der Waals surface area (Å²) in [6.07, 6.45) is 0. The van der Waals surface area contributed by atoms with E-state index in [0.29, 0.717) is 17.7 Å². The summed E-state index contributed by atoms with van der Waals surface area (Å²) < 4.78 is 0. The Morgan fingerprint density at radius 2 is 2.05 bits per heavy atom. The van der Waals surface area contributed by atoms with Gasteiger partial charge in [-0.1, -0.05) is 29.4 Å². The molecule has 0 atom stereocenters. The summed E-state index contributed by atoms with van der Waals surface area (Å²) in [6, 6.07) is 7.14. The molecule has 0 aliphatic heterocycles. The standard InChI is InChI=1S/C14H15N3O2S/c1-9-7-20-8-12(9)14(18)16-6-10-2-4-11(5-3-10)13(15)17-19/h2-5,7-8,19H,6H2,1H3,(H2,15,17)(H,16,18). The zero-order chi connectivity index (χ0) is 14.5. The van der Waals surface area contributed by atoms with Crippen molar-refractivity contribution in [2.45, 2.75) is 13.5 Å². The highest BCUT2D eigenvalue weighted by molar-refractivity contribution is 7.08. The van der Waals surface area contributed by atoms with Gasteiger partial charge in [-0.15, -0.1) is 0 Å². The molecule has 0 unspecified atom stereocenters. The van der Waals surface area contributed by atoms with Crippen molar-refractivity contribution in [2.24, 2.45) is 10.9 Å². The minimum absolute atomic E-state index is 0.0643. The molecule has 1 aromatic heterocycles. The number of rotatable bonds is 4. The number of hydrogen-bond donors (Lipinski definition) is 3. The average molecular weight is 289 g/mol. The third-order valence-electron chi connectivity index (χ3n) is 2.91. The first-order chi connectivity index (χ1) is 9.61. The fraction of sp³-hybridized carbons (Fsp3) is 0.143. The van der Waals surface area contributed by atoms with Gasteiger partial charge >= 0.3 is 0 Å². The maximum atomic E-state index is 11.9. The molecule has 1 amide bonds. The van der Waals surface area contributed by atoms with Crippen molar-refractivity contribution >= 4 is 23.1 Å². The van der Waals surface area contributed by atoms with E-state index >= 15 is 0 Å². The van der Waals surface area contributed by atoms with E-state index < -0.39 is 0 Å². The number of oxime groups is 1. The Labute approximate surface area is 120 Å². The Morgan fingerprint density at radius 1 is 1.35 bits per heavy atom. The van der Waals surface area contributed by atoms with Crippen LogP contribution in [0.5, 0.6) is 0 Å². The second kappa shape index (κ2) is 6.21. The van der Waals surface area contributed by atoms with Crippen LogP contribution in [0.15, 0.2) is 40.2 Å². The van der Waals surface area contributed by atoms with Gasteiger partial charge in [0.05, 0.1) is 5.56 Å². The number of nitrogens with zero attached hydrogens (tertiary/aromatic N) is 1. The van der Waals surface area contributed by atoms with E-state index in [2.05, 4.69) is 10.5 Å². The number of hydrogen-bond acceptors (Lipinski definition) is 4. The number of benzene rings is 1. The molecule has 20 heavy (non-hydrogen) atoms. The first kappa shape index (κ1) is 14.1. The maximum absolute atomic E-state index is 11.9. The van der Waals surface area contributed by atoms with E-state index in [1.165, 1.54) is 11.3 Å². The van der Waals surface area contributed by atoms with E-state index in [1.54, 1.807) is 12.1 Å². The normalized spacial score (nSPS) is 11.3. The van der Waals surface area contributed by atoms with Crippen LogP contribution in [0.2, 0.25) is 0 Å². The summed E-state index contributed by atoms with van der Waals surface area (Å²) >= 11 is 1.51. The number of thiophene rings is 1. The van der Waals surface area contributed by atoms with E-state index in [-0.39, 0.29) is 11.7 Å². The van der Waals surface area contributed by atoms with Crippen LogP contribution >= 0.6 is 11.3 Å². The van der Waals surface area contributed by atoms with Crippen molar-refractivity contribution < 1.29 is 10.0 Å². The molecule has 2 rings (SSSR count). The van der Waals surface area contributed by atoms with Crippen molar-refractivity contribution in [3.8, 4) is 0 Å². The van der Waals surface area contributed by atoms with Crippen molar-refractivity contribution in [3.05, 3.63) is 57.3 Å². The second-order valence-electron chi connectivity index (χ2n) is 4.33. The topological polar surface area (TPSA) is 87.7 Å². The molecule has 1 aromatic carbocycles. The van der Waals surface area contributed by atoms with Crippen LogP contribution in [0.4, 0.5) is 0 Å². The molecule has 0 fully saturated rings. The van der Waals surface area contributed by atoms with Crippen LogP contribution in [0.25, 0.3) is 0 Å². The Kier molecular flexibility index (Phi) is 4.37. The molecule has 5 nitrogen and oxygen atoms in total. The number of nitrogens with two attached hydrogens (primary N) is 1. The molecule has 0 bridgehead atoms. The van der Waals surface area contributed by atoms with Gasteiger partial charge in [0.25, 0.3) is 5.91 Å². The number of aryl methyl sites for hydroxylation is 1. The first-order valence-corrected chi connectivity index (χ1v) is 6.94. The lowest BCUT2D eigenvalue weighted by molar-refractivity contribution is 0.0951. The van der Waals surface area contributed by atoms with Crippen LogP contribution in [-0.4, -0.2) is 17.0 Å². The fourth-order valence-electron chi connectivity index (χ4n) is 1.72. The van der Waals surface area contributed by atoms with Gasteiger partial charge < -0.3 is 16.3 Å². The van der Waals surface area contributed by atoms with Crippen LogP contribution in [0.3, 0.4) is 0 Å². The highest BCUT2D eigenvalue weighted by Crippen LogP contribution is 2.13. The lowest BCUT2D eigenvalue weighted by Crippen LogP contribution is -2.23. The monoisotopic (exact) mass is 289 g/mol. The second-order valence-corrected chi connectivity index (χ2v) is 5.08. The number of nitrogens with one attached hydrogen (secondary N) is 1. The minimum atomic E-state index is -0.0794. The summed E-state index contributed by atoms with van der Waals surface area (Å²) in [5.74, 6) is -0.0151. The van der Waals surface area contributed by atoms with Gasteiger partial charge in [-0.05, 0) is 23.4 Å². The smallest absolute Gasteiger partial charge is 0.252 e. The van der Waals surface area contributed by atoms with Gasteiger partial charge in [0.2, 0.25) is 0 Å². The number of amidine groups is 1. The molecule has 0 radical (unpaired) electrons. The quantitative estimate of drug-likeness (QED) is 0.348. The van der Waals surface area contributed by atoms with Gasteiger partial charge in [0, 0.05) is 17.5 Å². The Balaban J connectivity index is 1.98. The SMILES string of the molecule is Cc1cscc1C(=O)NCc1ccc(C(N)=NO)cc1. The van der Waals surface area contributed by atoms with E-state index in [0.717, 1.165) is 11.1 Å². The molecule has 2 aromatic rings. The van der Waals surface area contributed by atoms with Crippen LogP contribution in [0.1, 0.15) is 27.0 Å². The Hall–Kier alpha value is -2.34. The summed E-state index contributed by atoms with van der Waals surface area (Å²) in [6.45, 7) is 2.35. The van der Waals surface area contributed by atoms with Crippen LogP contribution in [-0.2, 0) is 6.54 Å². The molecule has 0 spiro atoms. The van der Waals surface area contributed by atoms with Crippen LogP contribution < -0.4 is 11.1 Å². The van der Waals surface area contributed by atoms with E-state index in [9.17, 15) is 4.79 Å². The Morgan fingerprint density at radius 3 is 2.60 bits per heavy atom. The molecule has 104 valence electrons. The highest BCUT2D eigenvalue weighted by atomic mass is 32.1. The number of carbonyl (C=O) groups excluding carboxylic acids is 1. The largest absolute Gasteiger partial charge is 0.409 e. The predicted octanol–water partition coefficient (Wildman–Crippen LogP) is 2.08. The molecule has 0 saturated heterocycles. The molecule has 4 N–H and O–H groups in total. The summed E-state index contributed by atoms with van der Waals surface area (Å²) in [5.41, 5.74) is 8.75. The van der Waals surface area contributed by atoms with E-state index in [1.807, 2.05) is 29.8 Å². The third kappa shape index (κ3) is 3.16. The van der Waals surface area contributed by atoms with Gasteiger partial charge in [0.15, 0.2) is 5.84 Å². The van der Waals surface area contributed by atoms with Crippen molar-refractivity contribution in [3.63, 3.8) is 0 Å². The molecular weight excluding hydrogens is 274 g/mol. The first-order valence-electron chi connectivity index (χ1n) is 5.99. The Bertz CT molecular complexity index is 632. The van der Waals surface area contributed by atoms with Crippen LogP contribution in [0, 0.1) is 6.92 Å². The maximum Gasteiger partial charge on any atom is 0.252 e. The van der Waals surface area contributed by atoms with Gasteiger partial charge in [-0.25, -0.2) is 0 Å². The molecule has 0 saturated carbocycles. The van der Waals surface area contributed by atoms with Gasteiger partial charge in [-0.3, -0.25) is 4.79 Å². The zero-order valence-corrected chi connectivity index (χ0v) is 11.8. The van der Waals surface area contributed by atoms with Crippen molar-refractivity contribution in [2.75, 3.05) is 0 Å².